The first-order valence-corrected chi connectivity index (χ1v) is 7.08. The lowest BCUT2D eigenvalue weighted by atomic mass is 10.2. The molecule has 24 heavy (non-hydrogen) atoms. The van der Waals surface area contributed by atoms with Crippen LogP contribution in [0.5, 0.6) is 11.5 Å². The number of hydrogen-bond acceptors (Lipinski definition) is 6. The maximum absolute atomic E-state index is 13.5. The van der Waals surface area contributed by atoms with E-state index in [4.69, 9.17) is 14.2 Å². The molecule has 2 N–H and O–H groups in total. The van der Waals surface area contributed by atoms with Crippen LogP contribution in [0.3, 0.4) is 0 Å². The number of benzene rings is 1. The summed E-state index contributed by atoms with van der Waals surface area (Å²) in [5.41, 5.74) is -0.616. The Morgan fingerprint density at radius 3 is 2.33 bits per heavy atom. The third-order valence-electron chi connectivity index (χ3n) is 3.11. The first-order valence-electron chi connectivity index (χ1n) is 7.08. The molecule has 0 unspecified atom stereocenters. The largest absolute Gasteiger partial charge is 0.497 e. The number of halogens is 1. The van der Waals surface area contributed by atoms with Gasteiger partial charge in [-0.3, -0.25) is 4.79 Å². The van der Waals surface area contributed by atoms with E-state index in [9.17, 15) is 14.0 Å². The van der Waals surface area contributed by atoms with Gasteiger partial charge in [-0.2, -0.15) is 0 Å². The molecular formula is C16H17FN2O5. The smallest absolute Gasteiger partial charge is 0.341 e. The van der Waals surface area contributed by atoms with Crippen LogP contribution >= 0.6 is 0 Å². The van der Waals surface area contributed by atoms with Crippen molar-refractivity contribution in [3.8, 4) is 11.5 Å². The molecule has 7 nitrogen and oxygen atoms in total. The summed E-state index contributed by atoms with van der Waals surface area (Å²) >= 11 is 0. The number of pyridine rings is 1. The van der Waals surface area contributed by atoms with E-state index >= 15 is 0 Å². The number of H-pyrrole nitrogens is 1. The molecule has 8 heteroatoms. The first kappa shape index (κ1) is 17.3. The molecule has 0 aliphatic carbocycles. The lowest BCUT2D eigenvalue weighted by Gasteiger charge is -2.13. The molecule has 0 atom stereocenters. The molecule has 0 amide bonds. The van der Waals surface area contributed by atoms with E-state index in [1.807, 2.05) is 0 Å². The van der Waals surface area contributed by atoms with Gasteiger partial charge in [0.15, 0.2) is 5.82 Å². The van der Waals surface area contributed by atoms with E-state index < -0.39 is 17.3 Å². The number of hydrogen-bond donors (Lipinski definition) is 2. The van der Waals surface area contributed by atoms with Crippen molar-refractivity contribution in [3.63, 3.8) is 0 Å². The van der Waals surface area contributed by atoms with Crippen LogP contribution in [-0.2, 0) is 4.74 Å². The van der Waals surface area contributed by atoms with E-state index in [1.165, 1.54) is 14.2 Å². The second-order valence-corrected chi connectivity index (χ2v) is 4.68. The van der Waals surface area contributed by atoms with Crippen LogP contribution in [0.1, 0.15) is 17.3 Å². The normalized spacial score (nSPS) is 10.2. The molecule has 0 aliphatic rings. The topological polar surface area (TPSA) is 89.7 Å². The van der Waals surface area contributed by atoms with Gasteiger partial charge in [-0.15, -0.1) is 0 Å². The molecule has 2 aromatic rings. The van der Waals surface area contributed by atoms with Crippen LogP contribution in [-0.4, -0.2) is 31.8 Å². The number of esters is 1. The van der Waals surface area contributed by atoms with Gasteiger partial charge in [-0.1, -0.05) is 0 Å². The van der Waals surface area contributed by atoms with Gasteiger partial charge in [0.25, 0.3) is 5.56 Å². The minimum atomic E-state index is -1.08. The molecule has 0 fully saturated rings. The maximum atomic E-state index is 13.5. The highest BCUT2D eigenvalue weighted by molar-refractivity contribution is 5.95. The minimum Gasteiger partial charge on any atom is -0.497 e. The number of ether oxygens (including phenoxy) is 3. The lowest BCUT2D eigenvalue weighted by molar-refractivity contribution is 0.0526. The van der Waals surface area contributed by atoms with Gasteiger partial charge in [-0.25, -0.2) is 9.18 Å². The number of rotatable bonds is 6. The number of nitrogens with one attached hydrogen (secondary N) is 2. The number of carbonyl (C=O) groups excluding carboxylic acids is 1. The van der Waals surface area contributed by atoms with Gasteiger partial charge in [0, 0.05) is 23.9 Å². The molecule has 0 aliphatic heterocycles. The van der Waals surface area contributed by atoms with Gasteiger partial charge in [0.05, 0.1) is 20.8 Å². The Bertz CT molecular complexity index is 781. The third-order valence-corrected chi connectivity index (χ3v) is 3.11. The van der Waals surface area contributed by atoms with Crippen molar-refractivity contribution in [2.24, 2.45) is 0 Å². The van der Waals surface area contributed by atoms with Crippen LogP contribution in [0.2, 0.25) is 0 Å². The summed E-state index contributed by atoms with van der Waals surface area (Å²) in [5.74, 6) is -0.829. The average Bonchev–Trinajstić information content (AvgIpc) is 2.57. The fraction of sp³-hybridized carbons (Fsp3) is 0.250. The first-order chi connectivity index (χ1) is 11.5. The monoisotopic (exact) mass is 336 g/mol. The van der Waals surface area contributed by atoms with Crippen molar-refractivity contribution < 1.29 is 23.4 Å². The quantitative estimate of drug-likeness (QED) is 0.788. The van der Waals surface area contributed by atoms with Crippen LogP contribution < -0.4 is 20.3 Å². The summed E-state index contributed by atoms with van der Waals surface area (Å²) in [6.07, 6.45) is 0. The lowest BCUT2D eigenvalue weighted by Crippen LogP contribution is -2.18. The number of aromatic nitrogens is 1. The second kappa shape index (κ2) is 7.49. The van der Waals surface area contributed by atoms with Gasteiger partial charge < -0.3 is 24.5 Å². The molecule has 0 saturated heterocycles. The summed E-state index contributed by atoms with van der Waals surface area (Å²) in [4.78, 5) is 25.8. The van der Waals surface area contributed by atoms with Crippen molar-refractivity contribution in [3.05, 3.63) is 46.0 Å². The summed E-state index contributed by atoms with van der Waals surface area (Å²) in [6, 6.07) is 5.74. The van der Waals surface area contributed by atoms with Gasteiger partial charge in [0.2, 0.25) is 0 Å². The Hall–Kier alpha value is -3.03. The Morgan fingerprint density at radius 2 is 1.79 bits per heavy atom. The molecule has 1 aromatic heterocycles. The molecule has 0 saturated carbocycles. The Labute approximate surface area is 137 Å². The fourth-order valence-electron chi connectivity index (χ4n) is 2.00. The van der Waals surface area contributed by atoms with E-state index in [2.05, 4.69) is 10.3 Å². The SMILES string of the molecule is CCOC(=O)c1cc(F)c(=O)[nH]c1Nc1cc(OC)cc(OC)c1. The van der Waals surface area contributed by atoms with Crippen molar-refractivity contribution in [1.82, 2.24) is 4.98 Å². The molecule has 0 spiro atoms. The van der Waals surface area contributed by atoms with E-state index in [0.717, 1.165) is 6.07 Å². The number of carbonyl (C=O) groups is 1. The van der Waals surface area contributed by atoms with Crippen LogP contribution in [0.25, 0.3) is 0 Å². The molecule has 2 rings (SSSR count). The van der Waals surface area contributed by atoms with Crippen LogP contribution in [0, 0.1) is 5.82 Å². The molecule has 0 bridgehead atoms. The molecule has 1 heterocycles. The summed E-state index contributed by atoms with van der Waals surface area (Å²) in [5, 5.41) is 2.85. The van der Waals surface area contributed by atoms with Gasteiger partial charge in [-0.05, 0) is 13.0 Å². The number of methoxy groups -OCH3 is 2. The molecular weight excluding hydrogens is 319 g/mol. The fourth-order valence-corrected chi connectivity index (χ4v) is 2.00. The Morgan fingerprint density at radius 1 is 1.17 bits per heavy atom. The zero-order chi connectivity index (χ0) is 17.7. The summed E-state index contributed by atoms with van der Waals surface area (Å²) < 4.78 is 28.7. The zero-order valence-electron chi connectivity index (χ0n) is 13.4. The van der Waals surface area contributed by atoms with Gasteiger partial charge in [0.1, 0.15) is 22.9 Å². The summed E-state index contributed by atoms with van der Waals surface area (Å²) in [7, 11) is 2.98. The zero-order valence-corrected chi connectivity index (χ0v) is 13.4. The summed E-state index contributed by atoms with van der Waals surface area (Å²) in [6.45, 7) is 1.74. The highest BCUT2D eigenvalue weighted by atomic mass is 19.1. The maximum Gasteiger partial charge on any atom is 0.341 e. The van der Waals surface area contributed by atoms with Crippen molar-refractivity contribution in [2.45, 2.75) is 6.92 Å². The molecule has 128 valence electrons. The predicted octanol–water partition coefficient (Wildman–Crippen LogP) is 2.45. The Kier molecular flexibility index (Phi) is 5.41. The predicted molar refractivity (Wildman–Crippen MR) is 85.8 cm³/mol. The van der Waals surface area contributed by atoms with Crippen LogP contribution in [0.4, 0.5) is 15.9 Å². The molecule has 1 aromatic carbocycles. The highest BCUT2D eigenvalue weighted by Gasteiger charge is 2.17. The molecule has 0 radical (unpaired) electrons. The number of anilines is 2. The highest BCUT2D eigenvalue weighted by Crippen LogP contribution is 2.28. The minimum absolute atomic E-state index is 0.00940. The van der Waals surface area contributed by atoms with E-state index in [-0.39, 0.29) is 18.0 Å². The van der Waals surface area contributed by atoms with Crippen molar-refractivity contribution in [2.75, 3.05) is 26.1 Å². The standard InChI is InChI=1S/C16H17FN2O5/c1-4-24-16(21)12-8-13(17)15(20)19-14(12)18-9-5-10(22-2)7-11(6-9)23-3/h5-8H,4H2,1-3H3,(H2,18,19,20). The van der Waals surface area contributed by atoms with Crippen molar-refractivity contribution >= 4 is 17.5 Å². The third kappa shape index (κ3) is 3.83. The average molecular weight is 336 g/mol. The number of aromatic amines is 1. The van der Waals surface area contributed by atoms with E-state index in [0.29, 0.717) is 17.2 Å². The van der Waals surface area contributed by atoms with E-state index in [1.54, 1.807) is 25.1 Å². The van der Waals surface area contributed by atoms with Crippen LogP contribution in [0.15, 0.2) is 29.1 Å². The van der Waals surface area contributed by atoms with Crippen molar-refractivity contribution in [1.29, 1.82) is 0 Å². The van der Waals surface area contributed by atoms with Gasteiger partial charge >= 0.3 is 5.97 Å². The second-order valence-electron chi connectivity index (χ2n) is 4.68. The Balaban J connectivity index is 2.47.